The first-order valence-corrected chi connectivity index (χ1v) is 8.75. The van der Waals surface area contributed by atoms with Crippen LogP contribution in [0.2, 0.25) is 0 Å². The van der Waals surface area contributed by atoms with E-state index in [1.54, 1.807) is 0 Å². The van der Waals surface area contributed by atoms with E-state index in [4.69, 9.17) is 14.2 Å². The first kappa shape index (κ1) is 18.5. The normalized spacial score (nSPS) is 32.2. The maximum atomic E-state index is 12.0. The quantitative estimate of drug-likeness (QED) is 0.781. The molecular formula is C17H32N2O4. The van der Waals surface area contributed by atoms with Gasteiger partial charge in [0.2, 0.25) is 0 Å². The zero-order valence-electron chi connectivity index (χ0n) is 15.1. The summed E-state index contributed by atoms with van der Waals surface area (Å²) in [6.45, 7) is 12.1. The van der Waals surface area contributed by atoms with Crippen LogP contribution >= 0.6 is 0 Å². The Labute approximate surface area is 139 Å². The molecule has 1 aliphatic carbocycles. The summed E-state index contributed by atoms with van der Waals surface area (Å²) in [6, 6.07) is 0.512. The minimum Gasteiger partial charge on any atom is -0.444 e. The molecule has 5 atom stereocenters. The van der Waals surface area contributed by atoms with Gasteiger partial charge >= 0.3 is 6.09 Å². The van der Waals surface area contributed by atoms with Crippen molar-refractivity contribution >= 4 is 6.09 Å². The second-order valence-electron chi connectivity index (χ2n) is 7.59. The van der Waals surface area contributed by atoms with E-state index in [0.717, 1.165) is 26.1 Å². The Kier molecular flexibility index (Phi) is 6.28. The van der Waals surface area contributed by atoms with E-state index in [1.165, 1.54) is 0 Å². The second-order valence-corrected chi connectivity index (χ2v) is 7.59. The molecule has 0 spiro atoms. The molecule has 0 bridgehead atoms. The van der Waals surface area contributed by atoms with Crippen molar-refractivity contribution in [1.29, 1.82) is 0 Å². The van der Waals surface area contributed by atoms with E-state index in [1.807, 2.05) is 27.7 Å². The molecule has 0 radical (unpaired) electrons. The van der Waals surface area contributed by atoms with Crippen molar-refractivity contribution in [3.05, 3.63) is 0 Å². The average molecular weight is 328 g/mol. The van der Waals surface area contributed by atoms with Gasteiger partial charge in [-0.3, -0.25) is 0 Å². The Morgan fingerprint density at radius 1 is 1.39 bits per heavy atom. The van der Waals surface area contributed by atoms with Crippen LogP contribution in [-0.2, 0) is 14.2 Å². The van der Waals surface area contributed by atoms with Crippen LogP contribution in [0.4, 0.5) is 4.79 Å². The summed E-state index contributed by atoms with van der Waals surface area (Å²) in [6.07, 6.45) is 1.69. The number of amides is 1. The van der Waals surface area contributed by atoms with Gasteiger partial charge in [-0.25, -0.2) is 4.79 Å². The van der Waals surface area contributed by atoms with Gasteiger partial charge < -0.3 is 24.8 Å². The molecule has 2 fully saturated rings. The van der Waals surface area contributed by atoms with E-state index in [0.29, 0.717) is 18.6 Å². The van der Waals surface area contributed by atoms with Crippen LogP contribution in [0.1, 0.15) is 47.5 Å². The number of carbonyl (C=O) groups is 1. The molecule has 1 amide bonds. The van der Waals surface area contributed by atoms with Crippen molar-refractivity contribution in [3.63, 3.8) is 0 Å². The third-order valence-electron chi connectivity index (χ3n) is 4.53. The Bertz CT molecular complexity index is 391. The van der Waals surface area contributed by atoms with Crippen molar-refractivity contribution in [1.82, 2.24) is 10.6 Å². The summed E-state index contributed by atoms with van der Waals surface area (Å²) < 4.78 is 16.6. The van der Waals surface area contributed by atoms with E-state index in [9.17, 15) is 4.79 Å². The van der Waals surface area contributed by atoms with Crippen molar-refractivity contribution in [2.24, 2.45) is 5.92 Å². The van der Waals surface area contributed by atoms with E-state index in [2.05, 4.69) is 17.6 Å². The Balaban J connectivity index is 1.87. The van der Waals surface area contributed by atoms with Crippen LogP contribution in [0, 0.1) is 5.92 Å². The van der Waals surface area contributed by atoms with E-state index < -0.39 is 5.60 Å². The first-order chi connectivity index (χ1) is 10.8. The molecule has 1 aliphatic heterocycles. The van der Waals surface area contributed by atoms with Crippen LogP contribution in [0.3, 0.4) is 0 Å². The molecule has 2 aliphatic rings. The highest BCUT2D eigenvalue weighted by molar-refractivity contribution is 5.68. The van der Waals surface area contributed by atoms with Crippen LogP contribution in [0.15, 0.2) is 0 Å². The predicted molar refractivity (Wildman–Crippen MR) is 88.5 cm³/mol. The fourth-order valence-corrected chi connectivity index (χ4v) is 3.21. The van der Waals surface area contributed by atoms with Crippen molar-refractivity contribution in [2.75, 3.05) is 19.8 Å². The monoisotopic (exact) mass is 328 g/mol. The van der Waals surface area contributed by atoms with Gasteiger partial charge in [-0.1, -0.05) is 0 Å². The largest absolute Gasteiger partial charge is 0.444 e. The van der Waals surface area contributed by atoms with Gasteiger partial charge in [-0.15, -0.1) is 0 Å². The highest BCUT2D eigenvalue weighted by Gasteiger charge is 2.44. The lowest BCUT2D eigenvalue weighted by atomic mass is 9.81. The Hall–Kier alpha value is -0.850. The summed E-state index contributed by atoms with van der Waals surface area (Å²) in [5, 5.41) is 6.61. The molecule has 1 saturated heterocycles. The van der Waals surface area contributed by atoms with E-state index in [-0.39, 0.29) is 24.3 Å². The predicted octanol–water partition coefficient (Wildman–Crippen LogP) is 2.07. The number of hydrogen-bond donors (Lipinski definition) is 2. The fraction of sp³-hybridized carbons (Fsp3) is 0.941. The van der Waals surface area contributed by atoms with Gasteiger partial charge in [0.25, 0.3) is 0 Å². The average Bonchev–Trinajstić information content (AvgIpc) is 2.95. The van der Waals surface area contributed by atoms with Crippen LogP contribution in [0.5, 0.6) is 0 Å². The third-order valence-corrected chi connectivity index (χ3v) is 4.53. The lowest BCUT2D eigenvalue weighted by molar-refractivity contribution is -0.0481. The lowest BCUT2D eigenvalue weighted by Gasteiger charge is -2.46. The second kappa shape index (κ2) is 7.81. The van der Waals surface area contributed by atoms with Gasteiger partial charge in [-0.2, -0.15) is 0 Å². The molecule has 2 N–H and O–H groups in total. The first-order valence-electron chi connectivity index (χ1n) is 8.75. The molecule has 23 heavy (non-hydrogen) atoms. The minimum absolute atomic E-state index is 0.0474. The topological polar surface area (TPSA) is 68.8 Å². The zero-order chi connectivity index (χ0) is 17.0. The molecule has 5 unspecified atom stereocenters. The molecule has 134 valence electrons. The summed E-state index contributed by atoms with van der Waals surface area (Å²) in [5.74, 6) is 0.528. The molecule has 0 aromatic heterocycles. The fourth-order valence-electron chi connectivity index (χ4n) is 3.21. The van der Waals surface area contributed by atoms with Crippen molar-refractivity contribution in [2.45, 2.75) is 77.3 Å². The van der Waals surface area contributed by atoms with Gasteiger partial charge in [0.15, 0.2) is 0 Å². The lowest BCUT2D eigenvalue weighted by Crippen LogP contribution is -2.68. The molecule has 1 heterocycles. The number of hydrogen-bond acceptors (Lipinski definition) is 5. The highest BCUT2D eigenvalue weighted by Crippen LogP contribution is 2.27. The van der Waals surface area contributed by atoms with Crippen LogP contribution < -0.4 is 10.6 Å². The van der Waals surface area contributed by atoms with E-state index >= 15 is 0 Å². The zero-order valence-corrected chi connectivity index (χ0v) is 15.1. The molecule has 6 heteroatoms. The molecule has 2 rings (SSSR count). The molecule has 1 saturated carbocycles. The molecule has 0 aromatic rings. The van der Waals surface area contributed by atoms with Gasteiger partial charge in [0, 0.05) is 19.3 Å². The van der Waals surface area contributed by atoms with Gasteiger partial charge in [-0.05, 0) is 53.4 Å². The van der Waals surface area contributed by atoms with Gasteiger partial charge in [0.05, 0.1) is 24.8 Å². The number of carbonyl (C=O) groups excluding carboxylic acids is 1. The number of nitrogens with one attached hydrogen (secondary N) is 2. The highest BCUT2D eigenvalue weighted by atomic mass is 16.6. The van der Waals surface area contributed by atoms with Crippen LogP contribution in [-0.4, -0.2) is 55.7 Å². The van der Waals surface area contributed by atoms with Crippen molar-refractivity contribution < 1.29 is 19.0 Å². The molecule has 0 aromatic carbocycles. The van der Waals surface area contributed by atoms with Gasteiger partial charge in [0.1, 0.15) is 5.60 Å². The standard InChI is InChI=1S/C17H32N2O4/c1-6-22-14-9-13(19-16(20)23-17(3,4)5)15(14)18-11(2)12-7-8-21-10-12/h11-15,18H,6-10H2,1-5H3,(H,19,20). The summed E-state index contributed by atoms with van der Waals surface area (Å²) >= 11 is 0. The molecular weight excluding hydrogens is 296 g/mol. The number of rotatable bonds is 6. The Morgan fingerprint density at radius 3 is 2.70 bits per heavy atom. The van der Waals surface area contributed by atoms with Crippen molar-refractivity contribution in [3.8, 4) is 0 Å². The molecule has 6 nitrogen and oxygen atoms in total. The smallest absolute Gasteiger partial charge is 0.407 e. The minimum atomic E-state index is -0.482. The maximum Gasteiger partial charge on any atom is 0.407 e. The Morgan fingerprint density at radius 2 is 2.13 bits per heavy atom. The number of alkyl carbamates (subject to hydrolysis) is 1. The third kappa shape index (κ3) is 5.33. The SMILES string of the molecule is CCOC1CC(NC(=O)OC(C)(C)C)C1NC(C)C1CCOC1. The summed E-state index contributed by atoms with van der Waals surface area (Å²) in [7, 11) is 0. The number of ether oxygens (including phenoxy) is 3. The van der Waals surface area contributed by atoms with Crippen LogP contribution in [0.25, 0.3) is 0 Å². The maximum absolute atomic E-state index is 12.0. The summed E-state index contributed by atoms with van der Waals surface area (Å²) in [5.41, 5.74) is -0.482. The summed E-state index contributed by atoms with van der Waals surface area (Å²) in [4.78, 5) is 12.0.